The van der Waals surface area contributed by atoms with Gasteiger partial charge in [0.15, 0.2) is 5.82 Å². The second kappa shape index (κ2) is 4.83. The standard InChI is InChI=1S/C16H22N4/c1-2-9-20-10-17-13(11-5-3-4-6-11)14-16(20)19-15(18-14)12-7-8-12/h10-12H,2-9H2,1H3. The van der Waals surface area contributed by atoms with E-state index in [1.807, 2.05) is 6.33 Å². The summed E-state index contributed by atoms with van der Waals surface area (Å²) in [6, 6.07) is 0. The van der Waals surface area contributed by atoms with Gasteiger partial charge in [0.25, 0.3) is 0 Å². The minimum Gasteiger partial charge on any atom is -0.315 e. The summed E-state index contributed by atoms with van der Waals surface area (Å²) >= 11 is 0. The zero-order valence-corrected chi connectivity index (χ0v) is 12.2. The summed E-state index contributed by atoms with van der Waals surface area (Å²) < 4.78 is 2.19. The first-order valence-corrected chi connectivity index (χ1v) is 8.09. The van der Waals surface area contributed by atoms with E-state index >= 15 is 0 Å². The predicted molar refractivity (Wildman–Crippen MR) is 77.9 cm³/mol. The summed E-state index contributed by atoms with van der Waals surface area (Å²) in [5, 5.41) is 0. The molecule has 0 saturated heterocycles. The molecule has 0 atom stereocenters. The maximum Gasteiger partial charge on any atom is 0.163 e. The molecule has 2 aliphatic heterocycles. The van der Waals surface area contributed by atoms with E-state index in [9.17, 15) is 0 Å². The molecule has 2 fully saturated rings. The van der Waals surface area contributed by atoms with E-state index < -0.39 is 0 Å². The van der Waals surface area contributed by atoms with Crippen LogP contribution in [0.3, 0.4) is 0 Å². The van der Waals surface area contributed by atoms with Crippen molar-refractivity contribution >= 4 is 0 Å². The lowest BCUT2D eigenvalue weighted by Gasteiger charge is -2.15. The van der Waals surface area contributed by atoms with Gasteiger partial charge in [-0.15, -0.1) is 0 Å². The Labute approximate surface area is 120 Å². The van der Waals surface area contributed by atoms with E-state index in [0.29, 0.717) is 11.8 Å². The van der Waals surface area contributed by atoms with E-state index in [0.717, 1.165) is 30.3 Å². The highest BCUT2D eigenvalue weighted by Gasteiger charge is 2.32. The molecule has 0 amide bonds. The molecule has 0 aromatic carbocycles. The Morgan fingerprint density at radius 3 is 2.60 bits per heavy atom. The van der Waals surface area contributed by atoms with Gasteiger partial charge in [-0.3, -0.25) is 0 Å². The van der Waals surface area contributed by atoms with Gasteiger partial charge >= 0.3 is 0 Å². The molecule has 0 N–H and O–H groups in total. The molecule has 4 nitrogen and oxygen atoms in total. The number of aromatic nitrogens is 4. The van der Waals surface area contributed by atoms with Crippen molar-refractivity contribution in [2.24, 2.45) is 0 Å². The zero-order chi connectivity index (χ0) is 13.5. The highest BCUT2D eigenvalue weighted by Crippen LogP contribution is 2.42. The molecule has 2 heterocycles. The molecule has 0 aromatic rings. The fraction of sp³-hybridized carbons (Fsp3) is 0.688. The van der Waals surface area contributed by atoms with Crippen LogP contribution < -0.4 is 0 Å². The molecular formula is C16H22N4. The van der Waals surface area contributed by atoms with Gasteiger partial charge < -0.3 is 4.57 Å². The fourth-order valence-electron chi connectivity index (χ4n) is 3.40. The Morgan fingerprint density at radius 1 is 1.10 bits per heavy atom. The highest BCUT2D eigenvalue weighted by atomic mass is 15.1. The molecule has 0 spiro atoms. The van der Waals surface area contributed by atoms with E-state index in [4.69, 9.17) is 15.0 Å². The third-order valence-corrected chi connectivity index (χ3v) is 4.66. The summed E-state index contributed by atoms with van der Waals surface area (Å²) in [7, 11) is 0. The van der Waals surface area contributed by atoms with Crippen LogP contribution in [-0.4, -0.2) is 19.5 Å². The quantitative estimate of drug-likeness (QED) is 0.850. The minimum atomic E-state index is 0.609. The van der Waals surface area contributed by atoms with Gasteiger partial charge in [0.1, 0.15) is 11.5 Å². The fourth-order valence-corrected chi connectivity index (χ4v) is 3.40. The molecule has 0 aromatic heterocycles. The lowest BCUT2D eigenvalue weighted by Crippen LogP contribution is -2.10. The SMILES string of the molecule is CCCn1cnc(C2CCCC2)c2nc(C3CC3)nc1-2. The van der Waals surface area contributed by atoms with Crippen LogP contribution in [0, 0.1) is 0 Å². The van der Waals surface area contributed by atoms with Crippen LogP contribution in [0.1, 0.15) is 75.2 Å². The van der Waals surface area contributed by atoms with Crippen molar-refractivity contribution in [3.63, 3.8) is 0 Å². The van der Waals surface area contributed by atoms with Crippen molar-refractivity contribution in [1.29, 1.82) is 0 Å². The smallest absolute Gasteiger partial charge is 0.163 e. The van der Waals surface area contributed by atoms with E-state index in [2.05, 4.69) is 11.5 Å². The number of hydrogen-bond acceptors (Lipinski definition) is 3. The summed E-state index contributed by atoms with van der Waals surface area (Å²) in [5.74, 6) is 3.37. The van der Waals surface area contributed by atoms with Gasteiger partial charge in [-0.25, -0.2) is 15.0 Å². The number of nitrogens with zero attached hydrogens (tertiary/aromatic N) is 4. The average molecular weight is 270 g/mol. The van der Waals surface area contributed by atoms with Crippen molar-refractivity contribution in [3.05, 3.63) is 17.8 Å². The average Bonchev–Trinajstić information content (AvgIpc) is 3.00. The van der Waals surface area contributed by atoms with Crippen LogP contribution in [-0.2, 0) is 6.54 Å². The van der Waals surface area contributed by atoms with Gasteiger partial charge in [-0.2, -0.15) is 0 Å². The molecule has 0 unspecified atom stereocenters. The van der Waals surface area contributed by atoms with E-state index in [1.54, 1.807) is 0 Å². The molecule has 2 saturated carbocycles. The lowest BCUT2D eigenvalue weighted by molar-refractivity contribution is 0.632. The third-order valence-electron chi connectivity index (χ3n) is 4.66. The summed E-state index contributed by atoms with van der Waals surface area (Å²) in [4.78, 5) is 14.5. The number of aryl methyl sites for hydroxylation is 1. The molecule has 106 valence electrons. The molecule has 0 radical (unpaired) electrons. The van der Waals surface area contributed by atoms with Crippen molar-refractivity contribution in [2.75, 3.05) is 0 Å². The predicted octanol–water partition coefficient (Wildman–Crippen LogP) is 3.72. The topological polar surface area (TPSA) is 43.6 Å². The Hall–Kier alpha value is -1.45. The molecule has 4 heteroatoms. The maximum absolute atomic E-state index is 4.87. The summed E-state index contributed by atoms with van der Waals surface area (Å²) in [6.45, 7) is 3.18. The van der Waals surface area contributed by atoms with Crippen LogP contribution in [0.15, 0.2) is 6.33 Å². The van der Waals surface area contributed by atoms with Crippen LogP contribution in [0.5, 0.6) is 0 Å². The third kappa shape index (κ3) is 2.02. The second-order valence-corrected chi connectivity index (χ2v) is 6.33. The van der Waals surface area contributed by atoms with Crippen LogP contribution in [0.4, 0.5) is 0 Å². The highest BCUT2D eigenvalue weighted by molar-refractivity contribution is 5.57. The molecule has 20 heavy (non-hydrogen) atoms. The van der Waals surface area contributed by atoms with Gasteiger partial charge in [0.05, 0.1) is 12.0 Å². The number of rotatable bonds is 4. The monoisotopic (exact) mass is 270 g/mol. The Balaban J connectivity index is 1.81. The molecular weight excluding hydrogens is 248 g/mol. The van der Waals surface area contributed by atoms with Crippen molar-refractivity contribution in [3.8, 4) is 11.5 Å². The largest absolute Gasteiger partial charge is 0.315 e. The second-order valence-electron chi connectivity index (χ2n) is 6.33. The summed E-state index contributed by atoms with van der Waals surface area (Å²) in [5.41, 5.74) is 2.30. The van der Waals surface area contributed by atoms with Crippen LogP contribution >= 0.6 is 0 Å². The maximum atomic E-state index is 4.87. The van der Waals surface area contributed by atoms with Gasteiger partial charge in [0, 0.05) is 18.4 Å². The van der Waals surface area contributed by atoms with Crippen LogP contribution in [0.25, 0.3) is 11.5 Å². The molecule has 0 bridgehead atoms. The minimum absolute atomic E-state index is 0.609. The normalized spacial score (nSPS) is 20.1. The first-order chi connectivity index (χ1) is 9.86. The van der Waals surface area contributed by atoms with Gasteiger partial charge in [-0.1, -0.05) is 19.8 Å². The number of imidazole rings is 1. The molecule has 2 aliphatic carbocycles. The Kier molecular flexibility index (Phi) is 2.97. The Bertz CT molecular complexity index is 579. The van der Waals surface area contributed by atoms with Crippen molar-refractivity contribution in [1.82, 2.24) is 19.5 Å². The number of hydrogen-bond donors (Lipinski definition) is 0. The molecule has 4 aliphatic rings. The number of fused-ring (bicyclic) bond motifs is 1. The Morgan fingerprint density at radius 2 is 1.90 bits per heavy atom. The van der Waals surface area contributed by atoms with Gasteiger partial charge in [-0.05, 0) is 32.1 Å². The van der Waals surface area contributed by atoms with E-state index in [1.165, 1.54) is 44.2 Å². The zero-order valence-electron chi connectivity index (χ0n) is 12.2. The van der Waals surface area contributed by atoms with Gasteiger partial charge in [0.2, 0.25) is 0 Å². The molecule has 4 rings (SSSR count). The van der Waals surface area contributed by atoms with E-state index in [-0.39, 0.29) is 0 Å². The van der Waals surface area contributed by atoms with Crippen molar-refractivity contribution < 1.29 is 0 Å². The lowest BCUT2D eigenvalue weighted by atomic mass is 10.0. The first kappa shape index (κ1) is 12.3. The van der Waals surface area contributed by atoms with Crippen molar-refractivity contribution in [2.45, 2.75) is 70.3 Å². The first-order valence-electron chi connectivity index (χ1n) is 8.09. The van der Waals surface area contributed by atoms with Crippen LogP contribution in [0.2, 0.25) is 0 Å². The summed E-state index contributed by atoms with van der Waals surface area (Å²) in [6.07, 6.45) is 10.8.